The number of benzene rings is 1. The third kappa shape index (κ3) is 4.80. The third-order valence-electron chi connectivity index (χ3n) is 4.15. The molecule has 0 heterocycles. The van der Waals surface area contributed by atoms with Crippen LogP contribution in [0.15, 0.2) is 24.3 Å². The molecule has 1 N–H and O–H groups in total. The van der Waals surface area contributed by atoms with Crippen LogP contribution in [0, 0.1) is 15.0 Å². The third-order valence-corrected chi connectivity index (χ3v) is 7.37. The molecule has 0 radical (unpaired) electrons. The number of nitrogens with one attached hydrogen (secondary N) is 1. The van der Waals surface area contributed by atoms with Crippen molar-refractivity contribution in [2.24, 2.45) is 0 Å². The first kappa shape index (κ1) is 18.9. The zero-order valence-corrected chi connectivity index (χ0v) is 17.3. The van der Waals surface area contributed by atoms with E-state index in [1.54, 1.807) is 6.07 Å². The molecule has 7 heteroatoms. The molecule has 0 bridgehead atoms. The molecular weight excluding hydrogens is 433 g/mol. The Morgan fingerprint density at radius 2 is 2.08 bits per heavy atom. The minimum atomic E-state index is -1.88. The van der Waals surface area contributed by atoms with Crippen molar-refractivity contribution in [3.63, 3.8) is 0 Å². The van der Waals surface area contributed by atoms with Crippen molar-refractivity contribution in [1.29, 1.82) is 5.26 Å². The fourth-order valence-electron chi connectivity index (χ4n) is 2.50. The molecule has 1 aromatic carbocycles. The van der Waals surface area contributed by atoms with E-state index in [9.17, 15) is 14.9 Å². The fraction of sp³-hybridized carbons (Fsp3) is 0.471. The normalized spacial score (nSPS) is 15.3. The maximum atomic E-state index is 12.8. The molecule has 0 unspecified atom stereocenters. The van der Waals surface area contributed by atoms with Crippen LogP contribution < -0.4 is 5.32 Å². The number of nitrogens with zero attached hydrogens (tertiary/aromatic N) is 2. The maximum Gasteiger partial charge on any atom is 0.251 e. The van der Waals surface area contributed by atoms with E-state index in [1.807, 2.05) is 24.4 Å². The summed E-state index contributed by atoms with van der Waals surface area (Å²) in [5.74, 6) is -0.318. The highest BCUT2D eigenvalue weighted by atomic mass is 127. The summed E-state index contributed by atoms with van der Waals surface area (Å²) in [6.07, 6.45) is 3.83. The number of hydrogen-bond donors (Lipinski definition) is 1. The predicted molar refractivity (Wildman–Crippen MR) is 104 cm³/mol. The fourth-order valence-corrected chi connectivity index (χ4v) is 4.64. The van der Waals surface area contributed by atoms with Gasteiger partial charge in [-0.1, -0.05) is 25.7 Å². The van der Waals surface area contributed by atoms with Crippen LogP contribution in [0.25, 0.3) is 0 Å². The SMILES string of the molecule is C[Si](C)(C)[C@@H](CNC(=O)c1cccc(I)c1)C(=O)N(C#N)C1CC1. The molecule has 0 spiro atoms. The van der Waals surface area contributed by atoms with E-state index in [4.69, 9.17) is 0 Å². The molecule has 1 aliphatic carbocycles. The average molecular weight is 455 g/mol. The van der Waals surface area contributed by atoms with Crippen molar-refractivity contribution in [2.75, 3.05) is 6.54 Å². The summed E-state index contributed by atoms with van der Waals surface area (Å²) in [5, 5.41) is 12.2. The van der Waals surface area contributed by atoms with Gasteiger partial charge in [-0.05, 0) is 53.6 Å². The average Bonchev–Trinajstić information content (AvgIpc) is 3.31. The number of carbonyl (C=O) groups excluding carboxylic acids is 2. The van der Waals surface area contributed by atoms with Gasteiger partial charge in [0.2, 0.25) is 5.91 Å². The van der Waals surface area contributed by atoms with Crippen LogP contribution in [0.1, 0.15) is 23.2 Å². The second-order valence-electron chi connectivity index (χ2n) is 7.18. The first-order valence-electron chi connectivity index (χ1n) is 8.00. The van der Waals surface area contributed by atoms with Crippen LogP contribution >= 0.6 is 22.6 Å². The summed E-state index contributed by atoms with van der Waals surface area (Å²) >= 11 is 2.16. The second kappa shape index (κ2) is 7.65. The van der Waals surface area contributed by atoms with Crippen molar-refractivity contribution in [3.8, 4) is 6.19 Å². The molecule has 1 aromatic rings. The topological polar surface area (TPSA) is 73.2 Å². The van der Waals surface area contributed by atoms with Crippen molar-refractivity contribution >= 4 is 42.5 Å². The van der Waals surface area contributed by atoms with Gasteiger partial charge in [-0.25, -0.2) is 4.90 Å². The van der Waals surface area contributed by atoms with Crippen LogP contribution in [0.4, 0.5) is 0 Å². The van der Waals surface area contributed by atoms with Gasteiger partial charge in [0.1, 0.15) is 0 Å². The molecule has 0 saturated heterocycles. The summed E-state index contributed by atoms with van der Waals surface area (Å²) in [7, 11) is -1.88. The number of amides is 2. The molecule has 5 nitrogen and oxygen atoms in total. The lowest BCUT2D eigenvalue weighted by molar-refractivity contribution is -0.128. The summed E-state index contributed by atoms with van der Waals surface area (Å²) in [4.78, 5) is 26.5. The summed E-state index contributed by atoms with van der Waals surface area (Å²) in [6, 6.07) is 7.39. The number of halogens is 1. The zero-order chi connectivity index (χ0) is 17.9. The highest BCUT2D eigenvalue weighted by Crippen LogP contribution is 2.31. The molecule has 1 atom stereocenters. The predicted octanol–water partition coefficient (Wildman–Crippen LogP) is 3.20. The van der Waals surface area contributed by atoms with Crippen LogP contribution in [-0.4, -0.2) is 37.4 Å². The summed E-state index contributed by atoms with van der Waals surface area (Å²) in [5.41, 5.74) is 0.285. The Labute approximate surface area is 157 Å². The van der Waals surface area contributed by atoms with Crippen molar-refractivity contribution in [2.45, 2.75) is 44.1 Å². The second-order valence-corrected chi connectivity index (χ2v) is 13.9. The molecule has 24 heavy (non-hydrogen) atoms. The monoisotopic (exact) mass is 455 g/mol. The van der Waals surface area contributed by atoms with Gasteiger partial charge in [0.05, 0.1) is 8.07 Å². The Hall–Kier alpha value is -1.40. The highest BCUT2D eigenvalue weighted by Gasteiger charge is 2.41. The maximum absolute atomic E-state index is 12.8. The summed E-state index contributed by atoms with van der Waals surface area (Å²) in [6.45, 7) is 6.56. The number of nitriles is 1. The quantitative estimate of drug-likeness (QED) is 0.310. The van der Waals surface area contributed by atoms with Gasteiger partial charge in [0, 0.05) is 27.3 Å². The molecule has 1 aliphatic rings. The highest BCUT2D eigenvalue weighted by molar-refractivity contribution is 14.1. The van der Waals surface area contributed by atoms with Gasteiger partial charge < -0.3 is 5.32 Å². The van der Waals surface area contributed by atoms with Gasteiger partial charge in [-0.2, -0.15) is 5.26 Å². The van der Waals surface area contributed by atoms with E-state index >= 15 is 0 Å². The number of hydrogen-bond acceptors (Lipinski definition) is 3. The Morgan fingerprint density at radius 1 is 1.42 bits per heavy atom. The Bertz CT molecular complexity index is 677. The largest absolute Gasteiger partial charge is 0.352 e. The van der Waals surface area contributed by atoms with E-state index < -0.39 is 8.07 Å². The molecule has 1 fully saturated rings. The molecule has 2 amide bonds. The molecule has 1 saturated carbocycles. The number of rotatable bonds is 6. The Morgan fingerprint density at radius 3 is 2.58 bits per heavy atom. The zero-order valence-electron chi connectivity index (χ0n) is 14.2. The number of carbonyl (C=O) groups is 2. The standard InChI is InChI=1S/C17H22IN3O2Si/c1-24(2,3)15(17(23)21(11-19)14-7-8-14)10-20-16(22)12-5-4-6-13(18)9-12/h4-6,9,14-15H,7-8,10H2,1-3H3,(H,20,22)/t15-/m0/s1. The molecule has 0 aliphatic heterocycles. The lowest BCUT2D eigenvalue weighted by atomic mass is 10.2. The lowest BCUT2D eigenvalue weighted by Gasteiger charge is -2.30. The van der Waals surface area contributed by atoms with Gasteiger partial charge in [0.25, 0.3) is 5.91 Å². The smallest absolute Gasteiger partial charge is 0.251 e. The van der Waals surface area contributed by atoms with E-state index in [-0.39, 0.29) is 29.9 Å². The van der Waals surface area contributed by atoms with E-state index in [0.29, 0.717) is 5.56 Å². The minimum absolute atomic E-state index is 0.0627. The van der Waals surface area contributed by atoms with E-state index in [2.05, 4.69) is 47.5 Å². The van der Waals surface area contributed by atoms with Gasteiger partial charge in [0.15, 0.2) is 6.19 Å². The van der Waals surface area contributed by atoms with Crippen molar-refractivity contribution < 1.29 is 9.59 Å². The molecular formula is C17H22IN3O2Si. The van der Waals surface area contributed by atoms with Crippen molar-refractivity contribution in [1.82, 2.24) is 10.2 Å². The van der Waals surface area contributed by atoms with Gasteiger partial charge >= 0.3 is 0 Å². The molecule has 128 valence electrons. The van der Waals surface area contributed by atoms with Crippen LogP contribution in [0.5, 0.6) is 0 Å². The first-order chi connectivity index (χ1) is 11.2. The summed E-state index contributed by atoms with van der Waals surface area (Å²) < 4.78 is 0.988. The lowest BCUT2D eigenvalue weighted by Crippen LogP contribution is -2.47. The first-order valence-corrected chi connectivity index (χ1v) is 12.7. The Balaban J connectivity index is 2.08. The van der Waals surface area contributed by atoms with Crippen molar-refractivity contribution in [3.05, 3.63) is 33.4 Å². The molecule has 0 aromatic heterocycles. The van der Waals surface area contributed by atoms with E-state index in [1.165, 1.54) is 4.90 Å². The van der Waals surface area contributed by atoms with Gasteiger partial charge in [-0.15, -0.1) is 0 Å². The molecule has 2 rings (SSSR count). The van der Waals surface area contributed by atoms with Gasteiger partial charge in [-0.3, -0.25) is 9.59 Å². The van der Waals surface area contributed by atoms with Crippen LogP contribution in [0.3, 0.4) is 0 Å². The van der Waals surface area contributed by atoms with Crippen LogP contribution in [0.2, 0.25) is 25.2 Å². The Kier molecular flexibility index (Phi) is 6.04. The van der Waals surface area contributed by atoms with Crippen LogP contribution in [-0.2, 0) is 4.79 Å². The van der Waals surface area contributed by atoms with E-state index in [0.717, 1.165) is 16.4 Å². The minimum Gasteiger partial charge on any atom is -0.352 e.